The molecule has 0 spiro atoms. The molecule has 3 aliphatic rings. The van der Waals surface area contributed by atoms with E-state index in [-0.39, 0.29) is 17.9 Å². The van der Waals surface area contributed by atoms with E-state index in [1.54, 1.807) is 0 Å². The number of hydrogen-bond acceptors (Lipinski definition) is 6. The fraction of sp³-hybridized carbons (Fsp3) is 0.824. The molecule has 0 radical (unpaired) electrons. The Morgan fingerprint density at radius 3 is 2.83 bits per heavy atom. The van der Waals surface area contributed by atoms with Crippen LogP contribution in [-0.4, -0.2) is 58.6 Å². The number of carbonyl (C=O) groups excluding carboxylic acids is 1. The Kier molecular flexibility index (Phi) is 4.24. The van der Waals surface area contributed by atoms with Crippen molar-refractivity contribution in [1.82, 2.24) is 14.3 Å². The molecule has 0 N–H and O–H groups in total. The number of anilines is 1. The molecule has 1 amide bonds. The summed E-state index contributed by atoms with van der Waals surface area (Å²) < 4.78 is 10.1. The van der Waals surface area contributed by atoms with Gasteiger partial charge in [0.1, 0.15) is 5.82 Å². The maximum Gasteiger partial charge on any atom is 0.228 e. The smallest absolute Gasteiger partial charge is 0.228 e. The molecular formula is C17H26N4O2S. The standard InChI is InChI=1S/C17H26N4O2S/c1-10(2)15-18-17(24-19-15)21-8-12-6-13(21)9-20(7-12)16(22)14-4-5-23-11(14)3/h10-14H,4-9H2,1-3H3. The monoisotopic (exact) mass is 350 g/mol. The van der Waals surface area contributed by atoms with E-state index >= 15 is 0 Å². The van der Waals surface area contributed by atoms with Crippen LogP contribution >= 0.6 is 11.5 Å². The Labute approximate surface area is 147 Å². The van der Waals surface area contributed by atoms with Gasteiger partial charge in [0, 0.05) is 49.7 Å². The number of fused-ring (bicyclic) bond motifs is 2. The third kappa shape index (κ3) is 2.81. The lowest BCUT2D eigenvalue weighted by molar-refractivity contribution is -0.138. The summed E-state index contributed by atoms with van der Waals surface area (Å²) >= 11 is 1.50. The number of likely N-dealkylation sites (tertiary alicyclic amines) is 1. The number of nitrogens with zero attached hydrogens (tertiary/aromatic N) is 4. The molecule has 7 heteroatoms. The molecule has 3 aliphatic heterocycles. The number of rotatable bonds is 3. The first-order valence-corrected chi connectivity index (χ1v) is 9.81. The van der Waals surface area contributed by atoms with Crippen molar-refractivity contribution in [3.8, 4) is 0 Å². The second kappa shape index (κ2) is 6.26. The lowest BCUT2D eigenvalue weighted by atomic mass is 9.95. The highest BCUT2D eigenvalue weighted by atomic mass is 32.1. The highest BCUT2D eigenvalue weighted by Crippen LogP contribution is 2.36. The van der Waals surface area contributed by atoms with Gasteiger partial charge in [0.25, 0.3) is 0 Å². The second-order valence-electron chi connectivity index (χ2n) is 7.71. The SMILES string of the molecule is CC(C)c1nsc(N2CC3CC2CN(C(=O)C2CCOC2C)C3)n1. The summed E-state index contributed by atoms with van der Waals surface area (Å²) in [7, 11) is 0. The van der Waals surface area contributed by atoms with Gasteiger partial charge in [-0.15, -0.1) is 0 Å². The number of carbonyl (C=O) groups is 1. The molecule has 3 fully saturated rings. The van der Waals surface area contributed by atoms with E-state index in [0.717, 1.165) is 43.4 Å². The highest BCUT2D eigenvalue weighted by Gasteiger charge is 2.43. The summed E-state index contributed by atoms with van der Waals surface area (Å²) in [6.07, 6.45) is 2.09. The lowest BCUT2D eigenvalue weighted by Crippen LogP contribution is -2.48. The molecule has 2 bridgehead atoms. The van der Waals surface area contributed by atoms with Crippen LogP contribution in [0.2, 0.25) is 0 Å². The van der Waals surface area contributed by atoms with Gasteiger partial charge < -0.3 is 14.5 Å². The van der Waals surface area contributed by atoms with E-state index in [1.165, 1.54) is 11.5 Å². The van der Waals surface area contributed by atoms with Crippen molar-refractivity contribution in [1.29, 1.82) is 0 Å². The van der Waals surface area contributed by atoms with Crippen LogP contribution in [0.1, 0.15) is 45.4 Å². The molecular weight excluding hydrogens is 324 g/mol. The molecule has 3 saturated heterocycles. The summed E-state index contributed by atoms with van der Waals surface area (Å²) in [4.78, 5) is 22.1. The highest BCUT2D eigenvalue weighted by molar-refractivity contribution is 7.09. The fourth-order valence-electron chi connectivity index (χ4n) is 4.24. The Balaban J connectivity index is 1.46. The largest absolute Gasteiger partial charge is 0.378 e. The van der Waals surface area contributed by atoms with E-state index in [9.17, 15) is 4.79 Å². The second-order valence-corrected chi connectivity index (χ2v) is 8.44. The number of piperidine rings is 1. The minimum absolute atomic E-state index is 0.0463. The van der Waals surface area contributed by atoms with Crippen molar-refractivity contribution in [2.75, 3.05) is 31.1 Å². The zero-order valence-corrected chi connectivity index (χ0v) is 15.5. The van der Waals surface area contributed by atoms with Crippen LogP contribution in [0.25, 0.3) is 0 Å². The molecule has 0 saturated carbocycles. The maximum absolute atomic E-state index is 12.9. The first-order chi connectivity index (χ1) is 11.5. The van der Waals surface area contributed by atoms with Gasteiger partial charge in [0.05, 0.1) is 12.0 Å². The van der Waals surface area contributed by atoms with Gasteiger partial charge in [0.15, 0.2) is 0 Å². The zero-order valence-electron chi connectivity index (χ0n) is 14.6. The van der Waals surface area contributed by atoms with Crippen molar-refractivity contribution >= 4 is 22.6 Å². The van der Waals surface area contributed by atoms with Gasteiger partial charge in [-0.3, -0.25) is 4.79 Å². The van der Waals surface area contributed by atoms with E-state index in [2.05, 4.69) is 28.0 Å². The van der Waals surface area contributed by atoms with Crippen molar-refractivity contribution in [2.24, 2.45) is 11.8 Å². The first kappa shape index (κ1) is 16.3. The summed E-state index contributed by atoms with van der Waals surface area (Å²) in [5.41, 5.74) is 0. The summed E-state index contributed by atoms with van der Waals surface area (Å²) in [5, 5.41) is 1.03. The Morgan fingerprint density at radius 2 is 2.17 bits per heavy atom. The van der Waals surface area contributed by atoms with E-state index in [0.29, 0.717) is 24.5 Å². The van der Waals surface area contributed by atoms with E-state index < -0.39 is 0 Å². The minimum atomic E-state index is 0.0463. The Bertz CT molecular complexity index is 619. The maximum atomic E-state index is 12.9. The van der Waals surface area contributed by atoms with Crippen molar-refractivity contribution in [2.45, 2.75) is 51.7 Å². The first-order valence-electron chi connectivity index (χ1n) is 9.03. The molecule has 6 nitrogen and oxygen atoms in total. The topological polar surface area (TPSA) is 58.6 Å². The average Bonchev–Trinajstić information content (AvgIpc) is 3.25. The molecule has 1 aromatic heterocycles. The van der Waals surface area contributed by atoms with E-state index in [4.69, 9.17) is 9.72 Å². The predicted octanol–water partition coefficient (Wildman–Crippen LogP) is 2.12. The molecule has 4 rings (SSSR count). The lowest BCUT2D eigenvalue weighted by Gasteiger charge is -2.34. The van der Waals surface area contributed by atoms with Gasteiger partial charge >= 0.3 is 0 Å². The Hall–Kier alpha value is -1.21. The number of hydrogen-bond donors (Lipinski definition) is 0. The quantitative estimate of drug-likeness (QED) is 0.836. The van der Waals surface area contributed by atoms with Crippen molar-refractivity contribution in [3.63, 3.8) is 0 Å². The average molecular weight is 350 g/mol. The van der Waals surface area contributed by atoms with Crippen LogP contribution < -0.4 is 4.90 Å². The summed E-state index contributed by atoms with van der Waals surface area (Å²) in [5.74, 6) is 2.18. The van der Waals surface area contributed by atoms with Crippen LogP contribution in [0.5, 0.6) is 0 Å². The fourth-order valence-corrected chi connectivity index (χ4v) is 5.13. The summed E-state index contributed by atoms with van der Waals surface area (Å²) in [6, 6.07) is 0.387. The molecule has 4 heterocycles. The molecule has 4 atom stereocenters. The van der Waals surface area contributed by atoms with Crippen molar-refractivity contribution in [3.05, 3.63) is 5.82 Å². The molecule has 24 heavy (non-hydrogen) atoms. The predicted molar refractivity (Wildman–Crippen MR) is 93.3 cm³/mol. The molecule has 4 unspecified atom stereocenters. The third-order valence-corrected chi connectivity index (χ3v) is 6.38. The van der Waals surface area contributed by atoms with Crippen LogP contribution in [0, 0.1) is 11.8 Å². The molecule has 132 valence electrons. The third-order valence-electron chi connectivity index (χ3n) is 5.61. The number of amides is 1. The molecule has 1 aromatic rings. The normalized spacial score (nSPS) is 32.8. The van der Waals surface area contributed by atoms with E-state index in [1.807, 2.05) is 6.92 Å². The van der Waals surface area contributed by atoms with Crippen molar-refractivity contribution < 1.29 is 9.53 Å². The molecule has 0 aliphatic carbocycles. The molecule has 0 aromatic carbocycles. The Morgan fingerprint density at radius 1 is 1.33 bits per heavy atom. The van der Waals surface area contributed by atoms with Gasteiger partial charge in [-0.05, 0) is 25.7 Å². The number of ether oxygens (including phenoxy) is 1. The van der Waals surface area contributed by atoms with Gasteiger partial charge in [-0.2, -0.15) is 4.37 Å². The van der Waals surface area contributed by atoms with Gasteiger partial charge in [-0.1, -0.05) is 13.8 Å². The zero-order chi connectivity index (χ0) is 16.8. The van der Waals surface area contributed by atoms with Crippen LogP contribution in [-0.2, 0) is 9.53 Å². The van der Waals surface area contributed by atoms with Crippen LogP contribution in [0.3, 0.4) is 0 Å². The van der Waals surface area contributed by atoms with Gasteiger partial charge in [0.2, 0.25) is 11.0 Å². The minimum Gasteiger partial charge on any atom is -0.378 e. The van der Waals surface area contributed by atoms with Crippen LogP contribution in [0.4, 0.5) is 5.13 Å². The summed E-state index contributed by atoms with van der Waals surface area (Å²) in [6.45, 7) is 9.68. The van der Waals surface area contributed by atoms with Gasteiger partial charge in [-0.25, -0.2) is 4.98 Å². The number of aromatic nitrogens is 2. The van der Waals surface area contributed by atoms with Crippen LogP contribution in [0.15, 0.2) is 0 Å².